The van der Waals surface area contributed by atoms with E-state index < -0.39 is 0 Å². The van der Waals surface area contributed by atoms with Gasteiger partial charge >= 0.3 is 0 Å². The van der Waals surface area contributed by atoms with Crippen molar-refractivity contribution >= 4 is 21.6 Å². The second-order valence-electron chi connectivity index (χ2n) is 8.10. The number of rotatable bonds is 4. The topological polar surface area (TPSA) is 21.3 Å². The number of aryl methyl sites for hydroxylation is 2. The lowest BCUT2D eigenvalue weighted by Gasteiger charge is -2.40. The molecular formula is C22H27BrFNO. The van der Waals surface area contributed by atoms with Crippen molar-refractivity contribution in [1.82, 2.24) is 0 Å². The summed E-state index contributed by atoms with van der Waals surface area (Å²) in [6.45, 7) is 11.4. The first-order chi connectivity index (χ1) is 12.2. The highest BCUT2D eigenvalue weighted by atomic mass is 79.9. The van der Waals surface area contributed by atoms with Crippen molar-refractivity contribution in [2.24, 2.45) is 0 Å². The molecule has 2 aromatic carbocycles. The smallest absolute Gasteiger partial charge is 0.131 e. The minimum absolute atomic E-state index is 0.0772. The SMILES string of the molecule is Cc1cccc(COCc2c(Br)cc(C)c3c2C(C)CC(C)(C)N3)c1F. The van der Waals surface area contributed by atoms with Gasteiger partial charge in [-0.1, -0.05) is 41.1 Å². The third-order valence-corrected chi connectivity index (χ3v) is 5.88. The summed E-state index contributed by atoms with van der Waals surface area (Å²) in [6.07, 6.45) is 1.06. The molecule has 0 fully saturated rings. The fourth-order valence-electron chi connectivity index (χ4n) is 4.04. The lowest BCUT2D eigenvalue weighted by molar-refractivity contribution is 0.103. The number of hydrogen-bond acceptors (Lipinski definition) is 2. The van der Waals surface area contributed by atoms with Gasteiger partial charge in [0.2, 0.25) is 0 Å². The van der Waals surface area contributed by atoms with Crippen LogP contribution in [0.3, 0.4) is 0 Å². The molecule has 4 heteroatoms. The fourth-order valence-corrected chi connectivity index (χ4v) is 4.71. The van der Waals surface area contributed by atoms with E-state index in [0.717, 1.165) is 16.5 Å². The largest absolute Gasteiger partial charge is 0.380 e. The van der Waals surface area contributed by atoms with E-state index in [2.05, 4.69) is 55.0 Å². The lowest BCUT2D eigenvalue weighted by atomic mass is 9.79. The maximum atomic E-state index is 14.2. The first kappa shape index (κ1) is 19.4. The first-order valence-electron chi connectivity index (χ1n) is 9.11. The number of anilines is 1. The Balaban J connectivity index is 1.86. The molecule has 1 N–H and O–H groups in total. The van der Waals surface area contributed by atoms with Gasteiger partial charge in [-0.3, -0.25) is 0 Å². The molecule has 0 spiro atoms. The molecule has 0 saturated heterocycles. The molecule has 1 atom stereocenters. The summed E-state index contributed by atoms with van der Waals surface area (Å²) in [5.74, 6) is 0.265. The molecule has 1 aliphatic rings. The van der Waals surface area contributed by atoms with Gasteiger partial charge in [0.05, 0.1) is 13.2 Å². The van der Waals surface area contributed by atoms with Crippen LogP contribution < -0.4 is 5.32 Å². The number of nitrogens with one attached hydrogen (secondary N) is 1. The van der Waals surface area contributed by atoms with Crippen LogP contribution in [-0.2, 0) is 18.0 Å². The number of fused-ring (bicyclic) bond motifs is 1. The van der Waals surface area contributed by atoms with E-state index in [9.17, 15) is 4.39 Å². The molecule has 1 heterocycles. The number of benzene rings is 2. The Morgan fingerprint density at radius 3 is 2.69 bits per heavy atom. The van der Waals surface area contributed by atoms with Crippen molar-refractivity contribution in [1.29, 1.82) is 0 Å². The Labute approximate surface area is 164 Å². The maximum Gasteiger partial charge on any atom is 0.131 e. The average molecular weight is 420 g/mol. The van der Waals surface area contributed by atoms with Crippen LogP contribution in [0.5, 0.6) is 0 Å². The molecular weight excluding hydrogens is 393 g/mol. The average Bonchev–Trinajstić information content (AvgIpc) is 2.54. The summed E-state index contributed by atoms with van der Waals surface area (Å²) < 4.78 is 21.2. The van der Waals surface area contributed by atoms with E-state index in [-0.39, 0.29) is 18.0 Å². The molecule has 1 aliphatic heterocycles. The molecule has 0 aromatic heterocycles. The van der Waals surface area contributed by atoms with Crippen molar-refractivity contribution < 1.29 is 9.13 Å². The van der Waals surface area contributed by atoms with Crippen molar-refractivity contribution in [3.05, 3.63) is 62.4 Å². The minimum Gasteiger partial charge on any atom is -0.380 e. The quantitative estimate of drug-likeness (QED) is 0.600. The predicted molar refractivity (Wildman–Crippen MR) is 109 cm³/mol. The Bertz CT molecular complexity index is 831. The standard InChI is InChI=1S/C22H27BrFNO/c1-13-7-6-8-16(20(13)24)11-26-12-17-18(23)9-14(2)21-19(17)15(3)10-22(4,5)25-21/h6-9,15,25H,10-12H2,1-5H3. The normalized spacial score (nSPS) is 18.3. The van der Waals surface area contributed by atoms with Crippen LogP contribution in [0.15, 0.2) is 28.7 Å². The second-order valence-corrected chi connectivity index (χ2v) is 8.95. The summed E-state index contributed by atoms with van der Waals surface area (Å²) >= 11 is 3.71. The summed E-state index contributed by atoms with van der Waals surface area (Å²) in [7, 11) is 0. The van der Waals surface area contributed by atoms with Crippen molar-refractivity contribution in [3.63, 3.8) is 0 Å². The Kier molecular flexibility index (Phi) is 5.45. The van der Waals surface area contributed by atoms with Gasteiger partial charge in [-0.25, -0.2) is 4.39 Å². The van der Waals surface area contributed by atoms with Gasteiger partial charge in [-0.15, -0.1) is 0 Å². The fraction of sp³-hybridized carbons (Fsp3) is 0.455. The number of halogens is 2. The molecule has 140 valence electrons. The molecule has 26 heavy (non-hydrogen) atoms. The van der Waals surface area contributed by atoms with Crippen molar-refractivity contribution in [3.8, 4) is 0 Å². The molecule has 3 rings (SSSR count). The minimum atomic E-state index is -0.172. The zero-order chi connectivity index (χ0) is 19.1. The molecule has 1 unspecified atom stereocenters. The van der Waals surface area contributed by atoms with E-state index in [1.165, 1.54) is 16.8 Å². The zero-order valence-corrected chi connectivity index (χ0v) is 17.8. The van der Waals surface area contributed by atoms with Crippen molar-refractivity contribution in [2.45, 2.75) is 65.7 Å². The Morgan fingerprint density at radius 2 is 1.96 bits per heavy atom. The first-order valence-corrected chi connectivity index (χ1v) is 9.90. The zero-order valence-electron chi connectivity index (χ0n) is 16.2. The summed E-state index contributed by atoms with van der Waals surface area (Å²) in [5.41, 5.74) is 6.27. The summed E-state index contributed by atoms with van der Waals surface area (Å²) in [4.78, 5) is 0. The number of ether oxygens (including phenoxy) is 1. The highest BCUT2D eigenvalue weighted by Gasteiger charge is 2.32. The van der Waals surface area contributed by atoms with Crippen LogP contribution in [0.25, 0.3) is 0 Å². The van der Waals surface area contributed by atoms with Crippen LogP contribution in [-0.4, -0.2) is 5.54 Å². The summed E-state index contributed by atoms with van der Waals surface area (Å²) in [5, 5.41) is 3.69. The van der Waals surface area contributed by atoms with Crippen LogP contribution in [0, 0.1) is 19.7 Å². The Hall–Kier alpha value is -1.39. The van der Waals surface area contributed by atoms with Crippen LogP contribution in [0.1, 0.15) is 60.9 Å². The van der Waals surface area contributed by atoms with E-state index in [4.69, 9.17) is 4.74 Å². The molecule has 0 amide bonds. The molecule has 0 aliphatic carbocycles. The third-order valence-electron chi connectivity index (χ3n) is 5.17. The third kappa shape index (κ3) is 3.81. The molecule has 0 saturated carbocycles. The molecule has 0 bridgehead atoms. The lowest BCUT2D eigenvalue weighted by Crippen LogP contribution is -2.37. The summed E-state index contributed by atoms with van der Waals surface area (Å²) in [6, 6.07) is 7.58. The van der Waals surface area contributed by atoms with E-state index in [0.29, 0.717) is 23.7 Å². The van der Waals surface area contributed by atoms with Gasteiger partial charge in [0.15, 0.2) is 0 Å². The van der Waals surface area contributed by atoms with E-state index in [1.54, 1.807) is 19.1 Å². The molecule has 0 radical (unpaired) electrons. The maximum absolute atomic E-state index is 14.2. The second kappa shape index (κ2) is 7.32. The monoisotopic (exact) mass is 419 g/mol. The highest BCUT2D eigenvalue weighted by Crippen LogP contribution is 2.44. The van der Waals surface area contributed by atoms with Crippen LogP contribution in [0.4, 0.5) is 10.1 Å². The van der Waals surface area contributed by atoms with Gasteiger partial charge in [-0.05, 0) is 68.4 Å². The number of hydrogen-bond donors (Lipinski definition) is 1. The van der Waals surface area contributed by atoms with Crippen LogP contribution >= 0.6 is 15.9 Å². The highest BCUT2D eigenvalue weighted by molar-refractivity contribution is 9.10. The molecule has 2 aromatic rings. The van der Waals surface area contributed by atoms with E-state index in [1.807, 2.05) is 6.07 Å². The molecule has 2 nitrogen and oxygen atoms in total. The van der Waals surface area contributed by atoms with Crippen LogP contribution in [0.2, 0.25) is 0 Å². The van der Waals surface area contributed by atoms with Crippen molar-refractivity contribution in [2.75, 3.05) is 5.32 Å². The predicted octanol–water partition coefficient (Wildman–Crippen LogP) is 6.62. The van der Waals surface area contributed by atoms with Gasteiger partial charge in [0.25, 0.3) is 0 Å². The Morgan fingerprint density at radius 1 is 1.23 bits per heavy atom. The van der Waals surface area contributed by atoms with Gasteiger partial charge in [-0.2, -0.15) is 0 Å². The van der Waals surface area contributed by atoms with Gasteiger partial charge in [0, 0.05) is 21.3 Å². The van der Waals surface area contributed by atoms with E-state index >= 15 is 0 Å². The van der Waals surface area contributed by atoms with Gasteiger partial charge in [0.1, 0.15) is 5.82 Å². The van der Waals surface area contributed by atoms with Gasteiger partial charge < -0.3 is 10.1 Å².